The number of fused-ring (bicyclic) bond motifs is 1. The van der Waals surface area contributed by atoms with Gasteiger partial charge in [0.25, 0.3) is 0 Å². The Balaban J connectivity index is 1.92. The average Bonchev–Trinajstić information content (AvgIpc) is 2.46. The van der Waals surface area contributed by atoms with Crippen LogP contribution in [0.4, 0.5) is 5.69 Å². The normalized spacial score (nSPS) is 10.7. The van der Waals surface area contributed by atoms with Gasteiger partial charge < -0.3 is 10.4 Å². The fourth-order valence-corrected chi connectivity index (χ4v) is 2.70. The van der Waals surface area contributed by atoms with Crippen LogP contribution in [-0.2, 0) is 6.54 Å². The molecule has 2 N–H and O–H groups in total. The van der Waals surface area contributed by atoms with Crippen LogP contribution >= 0.6 is 15.9 Å². The molecule has 0 heterocycles. The predicted octanol–water partition coefficient (Wildman–Crippen LogP) is 4.92. The molecule has 3 aromatic carbocycles. The first-order chi connectivity index (χ1) is 9.74. The van der Waals surface area contributed by atoms with E-state index in [1.165, 1.54) is 0 Å². The number of nitrogens with one attached hydrogen (secondary N) is 1. The summed E-state index contributed by atoms with van der Waals surface area (Å²) in [5.74, 6) is 0.325. The monoisotopic (exact) mass is 327 g/mol. The quantitative estimate of drug-likeness (QED) is 0.715. The molecule has 0 radical (unpaired) electrons. The van der Waals surface area contributed by atoms with E-state index in [4.69, 9.17) is 0 Å². The van der Waals surface area contributed by atoms with Crippen molar-refractivity contribution in [3.8, 4) is 5.75 Å². The maximum atomic E-state index is 10.1. The lowest BCUT2D eigenvalue weighted by molar-refractivity contribution is 0.470. The number of phenolic OH excluding ortho intramolecular Hbond substituents is 1. The summed E-state index contributed by atoms with van der Waals surface area (Å²) in [7, 11) is 0. The fourth-order valence-electron chi connectivity index (χ4n) is 2.30. The minimum Gasteiger partial charge on any atom is -0.508 e. The molecule has 3 heteroatoms. The highest BCUT2D eigenvalue weighted by Gasteiger charge is 2.06. The second kappa shape index (κ2) is 5.55. The Morgan fingerprint density at radius 1 is 0.950 bits per heavy atom. The molecule has 0 spiro atoms. The predicted molar refractivity (Wildman–Crippen MR) is 87.1 cm³/mol. The molecule has 3 aromatic rings. The first-order valence-corrected chi connectivity index (χ1v) is 7.22. The fraction of sp³-hybridized carbons (Fsp3) is 0.0588. The zero-order valence-electron chi connectivity index (χ0n) is 10.8. The molecule has 0 bridgehead atoms. The molecule has 20 heavy (non-hydrogen) atoms. The summed E-state index contributed by atoms with van der Waals surface area (Å²) in [6.07, 6.45) is 0. The van der Waals surface area contributed by atoms with Gasteiger partial charge in [-0.15, -0.1) is 0 Å². The van der Waals surface area contributed by atoms with Gasteiger partial charge in [0.1, 0.15) is 5.75 Å². The molecular formula is C17H14BrNO. The molecule has 0 unspecified atom stereocenters. The molecule has 0 aliphatic carbocycles. The van der Waals surface area contributed by atoms with Crippen LogP contribution in [0.3, 0.4) is 0 Å². The van der Waals surface area contributed by atoms with Crippen molar-refractivity contribution in [3.63, 3.8) is 0 Å². The highest BCUT2D eigenvalue weighted by Crippen LogP contribution is 2.28. The number of benzene rings is 3. The lowest BCUT2D eigenvalue weighted by Gasteiger charge is -2.11. The van der Waals surface area contributed by atoms with Crippen LogP contribution in [0.2, 0.25) is 0 Å². The number of halogens is 1. The molecule has 3 rings (SSSR count). The largest absolute Gasteiger partial charge is 0.508 e. The number of anilines is 1. The van der Waals surface area contributed by atoms with E-state index >= 15 is 0 Å². The van der Waals surface area contributed by atoms with Crippen molar-refractivity contribution in [2.24, 2.45) is 0 Å². The highest BCUT2D eigenvalue weighted by atomic mass is 79.9. The van der Waals surface area contributed by atoms with Crippen molar-refractivity contribution in [1.29, 1.82) is 0 Å². The minimum atomic E-state index is 0.325. The molecule has 0 aliphatic heterocycles. The van der Waals surface area contributed by atoms with E-state index in [-0.39, 0.29) is 0 Å². The van der Waals surface area contributed by atoms with Crippen LogP contribution in [0.25, 0.3) is 10.8 Å². The van der Waals surface area contributed by atoms with Crippen LogP contribution in [0.15, 0.2) is 65.1 Å². The molecule has 0 aromatic heterocycles. The first-order valence-electron chi connectivity index (χ1n) is 6.43. The number of phenols is 1. The molecule has 0 atom stereocenters. The van der Waals surface area contributed by atoms with Crippen molar-refractivity contribution in [3.05, 3.63) is 70.7 Å². The van der Waals surface area contributed by atoms with Crippen molar-refractivity contribution in [2.75, 3.05) is 5.32 Å². The van der Waals surface area contributed by atoms with Crippen molar-refractivity contribution < 1.29 is 5.11 Å². The van der Waals surface area contributed by atoms with Gasteiger partial charge in [-0.25, -0.2) is 0 Å². The topological polar surface area (TPSA) is 32.3 Å². The maximum absolute atomic E-state index is 10.1. The van der Waals surface area contributed by atoms with Gasteiger partial charge in [-0.3, -0.25) is 0 Å². The second-order valence-corrected chi connectivity index (χ2v) is 5.56. The van der Waals surface area contributed by atoms with Gasteiger partial charge in [-0.05, 0) is 35.0 Å². The Bertz CT molecular complexity index is 755. The van der Waals surface area contributed by atoms with Gasteiger partial charge >= 0.3 is 0 Å². The standard InChI is InChI=1S/C17H14BrNO/c18-13-5-3-6-14(10-13)19-11-16-15-7-2-1-4-12(15)8-9-17(16)20/h1-10,19-20H,11H2. The van der Waals surface area contributed by atoms with Gasteiger partial charge in [0, 0.05) is 22.3 Å². The molecule has 0 amide bonds. The third-order valence-electron chi connectivity index (χ3n) is 3.31. The molecule has 100 valence electrons. The maximum Gasteiger partial charge on any atom is 0.121 e. The summed E-state index contributed by atoms with van der Waals surface area (Å²) in [6, 6.07) is 19.8. The SMILES string of the molecule is Oc1ccc2ccccc2c1CNc1cccc(Br)c1. The Hall–Kier alpha value is -2.00. The van der Waals surface area contributed by atoms with Gasteiger partial charge in [0.15, 0.2) is 0 Å². The zero-order chi connectivity index (χ0) is 13.9. The van der Waals surface area contributed by atoms with E-state index in [0.717, 1.165) is 26.5 Å². The lowest BCUT2D eigenvalue weighted by atomic mass is 10.0. The lowest BCUT2D eigenvalue weighted by Crippen LogP contribution is -2.00. The van der Waals surface area contributed by atoms with Crippen LogP contribution in [0.1, 0.15) is 5.56 Å². The van der Waals surface area contributed by atoms with Crippen molar-refractivity contribution >= 4 is 32.4 Å². The number of rotatable bonds is 3. The van der Waals surface area contributed by atoms with E-state index in [1.54, 1.807) is 6.07 Å². The van der Waals surface area contributed by atoms with Crippen LogP contribution in [0, 0.1) is 0 Å². The molecular weight excluding hydrogens is 314 g/mol. The molecule has 0 saturated carbocycles. The smallest absolute Gasteiger partial charge is 0.121 e. The summed E-state index contributed by atoms with van der Waals surface area (Å²) < 4.78 is 1.03. The Morgan fingerprint density at radius 2 is 1.80 bits per heavy atom. The van der Waals surface area contributed by atoms with Crippen LogP contribution in [-0.4, -0.2) is 5.11 Å². The summed E-state index contributed by atoms with van der Waals surface area (Å²) in [5.41, 5.74) is 1.94. The summed E-state index contributed by atoms with van der Waals surface area (Å²) >= 11 is 3.45. The van der Waals surface area contributed by atoms with E-state index < -0.39 is 0 Å². The first kappa shape index (κ1) is 13.0. The number of aromatic hydroxyl groups is 1. The summed E-state index contributed by atoms with van der Waals surface area (Å²) in [4.78, 5) is 0. The van der Waals surface area contributed by atoms with Gasteiger partial charge in [-0.2, -0.15) is 0 Å². The van der Waals surface area contributed by atoms with E-state index in [9.17, 15) is 5.11 Å². The van der Waals surface area contributed by atoms with E-state index in [0.29, 0.717) is 12.3 Å². The molecule has 0 saturated heterocycles. The van der Waals surface area contributed by atoms with Crippen LogP contribution < -0.4 is 5.32 Å². The molecule has 0 aliphatic rings. The minimum absolute atomic E-state index is 0.325. The van der Waals surface area contributed by atoms with Crippen molar-refractivity contribution in [1.82, 2.24) is 0 Å². The van der Waals surface area contributed by atoms with Crippen molar-refractivity contribution in [2.45, 2.75) is 6.54 Å². The Morgan fingerprint density at radius 3 is 2.65 bits per heavy atom. The number of hydrogen-bond donors (Lipinski definition) is 2. The van der Waals surface area contributed by atoms with E-state index in [2.05, 4.69) is 27.3 Å². The third kappa shape index (κ3) is 2.63. The zero-order valence-corrected chi connectivity index (χ0v) is 12.4. The average molecular weight is 328 g/mol. The Labute approximate surface area is 126 Å². The Kier molecular flexibility index (Phi) is 3.61. The van der Waals surface area contributed by atoms with Gasteiger partial charge in [0.2, 0.25) is 0 Å². The third-order valence-corrected chi connectivity index (χ3v) is 3.80. The number of hydrogen-bond acceptors (Lipinski definition) is 2. The summed E-state index contributed by atoms with van der Waals surface area (Å²) in [6.45, 7) is 0.587. The highest BCUT2D eigenvalue weighted by molar-refractivity contribution is 9.10. The second-order valence-electron chi connectivity index (χ2n) is 4.65. The molecule has 2 nitrogen and oxygen atoms in total. The van der Waals surface area contributed by atoms with Crippen LogP contribution in [0.5, 0.6) is 5.75 Å². The molecule has 0 fully saturated rings. The summed E-state index contributed by atoms with van der Waals surface area (Å²) in [5, 5.41) is 15.7. The van der Waals surface area contributed by atoms with Gasteiger partial charge in [-0.1, -0.05) is 52.3 Å². The van der Waals surface area contributed by atoms with E-state index in [1.807, 2.05) is 48.5 Å². The van der Waals surface area contributed by atoms with Gasteiger partial charge in [0.05, 0.1) is 0 Å².